The lowest BCUT2D eigenvalue weighted by Gasteiger charge is -2.25. The molecule has 0 radical (unpaired) electrons. The molecular weight excluding hydrogens is 284 g/mol. The van der Waals surface area contributed by atoms with Crippen molar-refractivity contribution in [3.8, 4) is 0 Å². The van der Waals surface area contributed by atoms with E-state index in [9.17, 15) is 13.2 Å². The summed E-state index contributed by atoms with van der Waals surface area (Å²) >= 11 is 1.37. The van der Waals surface area contributed by atoms with Crippen LogP contribution in [0.25, 0.3) is 0 Å². The van der Waals surface area contributed by atoms with Crippen LogP contribution in [0.1, 0.15) is 33.7 Å². The average Bonchev–Trinajstić information content (AvgIpc) is 2.84. The van der Waals surface area contributed by atoms with Crippen LogP contribution in [-0.4, -0.2) is 48.3 Å². The average molecular weight is 302 g/mol. The third-order valence-electron chi connectivity index (χ3n) is 3.46. The van der Waals surface area contributed by atoms with Gasteiger partial charge >= 0.3 is 0 Å². The molecule has 5 nitrogen and oxygen atoms in total. The van der Waals surface area contributed by atoms with Gasteiger partial charge in [-0.1, -0.05) is 0 Å². The molecule has 2 rings (SSSR count). The molecule has 1 aromatic heterocycles. The molecule has 1 fully saturated rings. The van der Waals surface area contributed by atoms with Gasteiger partial charge in [-0.05, 0) is 27.2 Å². The number of amides is 1. The van der Waals surface area contributed by atoms with E-state index in [-0.39, 0.29) is 23.5 Å². The van der Waals surface area contributed by atoms with Gasteiger partial charge in [0.2, 0.25) is 0 Å². The highest BCUT2D eigenvalue weighted by Gasteiger charge is 2.35. The first-order valence-electron chi connectivity index (χ1n) is 6.29. The lowest BCUT2D eigenvalue weighted by Crippen LogP contribution is -2.40. The predicted molar refractivity (Wildman–Crippen MR) is 75.4 cm³/mol. The topological polar surface area (TPSA) is 67.3 Å². The molecule has 0 bridgehead atoms. The number of carbonyl (C=O) groups is 1. The van der Waals surface area contributed by atoms with E-state index in [0.29, 0.717) is 18.0 Å². The van der Waals surface area contributed by atoms with Gasteiger partial charge in [-0.25, -0.2) is 13.4 Å². The Morgan fingerprint density at radius 1 is 1.47 bits per heavy atom. The lowest BCUT2D eigenvalue weighted by atomic mass is 10.2. The SMILES string of the molecule is CCN(C(=O)c1nc(C)c(C)s1)C1CCS(=O)(=O)C1. The molecule has 7 heteroatoms. The minimum atomic E-state index is -2.98. The molecule has 1 aromatic rings. The summed E-state index contributed by atoms with van der Waals surface area (Å²) in [6, 6.07) is -0.202. The van der Waals surface area contributed by atoms with Crippen molar-refractivity contribution in [1.29, 1.82) is 0 Å². The summed E-state index contributed by atoms with van der Waals surface area (Å²) < 4.78 is 23.1. The fraction of sp³-hybridized carbons (Fsp3) is 0.667. The molecule has 0 aliphatic carbocycles. The molecule has 1 aliphatic heterocycles. The van der Waals surface area contributed by atoms with E-state index in [0.717, 1.165) is 10.6 Å². The van der Waals surface area contributed by atoms with Gasteiger partial charge in [0.1, 0.15) is 0 Å². The number of aromatic nitrogens is 1. The minimum Gasteiger partial charge on any atom is -0.333 e. The van der Waals surface area contributed by atoms with E-state index in [1.165, 1.54) is 11.3 Å². The first-order valence-corrected chi connectivity index (χ1v) is 8.93. The van der Waals surface area contributed by atoms with Gasteiger partial charge in [-0.3, -0.25) is 4.79 Å². The molecule has 2 heterocycles. The largest absolute Gasteiger partial charge is 0.333 e. The Kier molecular flexibility index (Phi) is 3.96. The molecule has 1 amide bonds. The van der Waals surface area contributed by atoms with Crippen LogP contribution in [0.3, 0.4) is 0 Å². The Morgan fingerprint density at radius 2 is 2.16 bits per heavy atom. The quantitative estimate of drug-likeness (QED) is 0.846. The Morgan fingerprint density at radius 3 is 2.58 bits per heavy atom. The Hall–Kier alpha value is -0.950. The van der Waals surface area contributed by atoms with Crippen LogP contribution < -0.4 is 0 Å². The second-order valence-corrected chi connectivity index (χ2v) is 8.24. The van der Waals surface area contributed by atoms with Crippen LogP contribution in [0.4, 0.5) is 0 Å². The monoisotopic (exact) mass is 302 g/mol. The van der Waals surface area contributed by atoms with Gasteiger partial charge in [0, 0.05) is 17.5 Å². The predicted octanol–water partition coefficient (Wildman–Crippen LogP) is 1.41. The summed E-state index contributed by atoms with van der Waals surface area (Å²) in [4.78, 5) is 19.4. The van der Waals surface area contributed by atoms with E-state index in [4.69, 9.17) is 0 Å². The van der Waals surface area contributed by atoms with E-state index >= 15 is 0 Å². The first-order chi connectivity index (χ1) is 8.84. The van der Waals surface area contributed by atoms with Crippen molar-refractivity contribution in [3.05, 3.63) is 15.6 Å². The maximum absolute atomic E-state index is 12.4. The van der Waals surface area contributed by atoms with Crippen molar-refractivity contribution in [3.63, 3.8) is 0 Å². The summed E-state index contributed by atoms with van der Waals surface area (Å²) in [5, 5.41) is 0.459. The van der Waals surface area contributed by atoms with Gasteiger partial charge < -0.3 is 4.90 Å². The summed E-state index contributed by atoms with van der Waals surface area (Å²) in [5.74, 6) is 0.110. The number of nitrogens with zero attached hydrogens (tertiary/aromatic N) is 2. The fourth-order valence-electron chi connectivity index (χ4n) is 2.28. The molecule has 0 saturated carbocycles. The van der Waals surface area contributed by atoms with Crippen LogP contribution >= 0.6 is 11.3 Å². The molecule has 1 saturated heterocycles. The second-order valence-electron chi connectivity index (χ2n) is 4.81. The van der Waals surface area contributed by atoms with Crippen LogP contribution in [0.15, 0.2) is 0 Å². The van der Waals surface area contributed by atoms with Crippen LogP contribution in [0, 0.1) is 13.8 Å². The van der Waals surface area contributed by atoms with E-state index in [1.54, 1.807) is 4.90 Å². The van der Waals surface area contributed by atoms with Crippen molar-refractivity contribution in [1.82, 2.24) is 9.88 Å². The fourth-order valence-corrected chi connectivity index (χ4v) is 4.88. The molecule has 0 aromatic carbocycles. The van der Waals surface area contributed by atoms with Crippen molar-refractivity contribution in [2.75, 3.05) is 18.1 Å². The number of sulfone groups is 1. The Balaban J connectivity index is 2.20. The molecular formula is C12H18N2O3S2. The van der Waals surface area contributed by atoms with Crippen LogP contribution in [0.5, 0.6) is 0 Å². The van der Waals surface area contributed by atoms with Gasteiger partial charge in [0.25, 0.3) is 5.91 Å². The third-order valence-corrected chi connectivity index (χ3v) is 6.27. The summed E-state index contributed by atoms with van der Waals surface area (Å²) in [6.45, 7) is 6.19. The highest BCUT2D eigenvalue weighted by Crippen LogP contribution is 2.23. The van der Waals surface area contributed by atoms with Gasteiger partial charge in [-0.2, -0.15) is 0 Å². The Bertz CT molecular complexity index is 573. The van der Waals surface area contributed by atoms with Crippen molar-refractivity contribution >= 4 is 27.1 Å². The van der Waals surface area contributed by atoms with Crippen molar-refractivity contribution in [2.45, 2.75) is 33.2 Å². The molecule has 1 unspecified atom stereocenters. The molecule has 19 heavy (non-hydrogen) atoms. The third kappa shape index (κ3) is 2.97. The maximum atomic E-state index is 12.4. The van der Waals surface area contributed by atoms with Gasteiger partial charge in [-0.15, -0.1) is 11.3 Å². The van der Waals surface area contributed by atoms with E-state index in [1.807, 2.05) is 20.8 Å². The Labute approximate surface area is 117 Å². The standard InChI is InChI=1S/C12H18N2O3S2/c1-4-14(10-5-6-19(16,17)7-10)12(15)11-13-8(2)9(3)18-11/h10H,4-7H2,1-3H3. The highest BCUT2D eigenvalue weighted by atomic mass is 32.2. The highest BCUT2D eigenvalue weighted by molar-refractivity contribution is 7.91. The van der Waals surface area contributed by atoms with E-state index < -0.39 is 9.84 Å². The normalized spacial score (nSPS) is 21.5. The van der Waals surface area contributed by atoms with Crippen LogP contribution in [-0.2, 0) is 9.84 Å². The lowest BCUT2D eigenvalue weighted by molar-refractivity contribution is 0.0708. The molecule has 106 valence electrons. The smallest absolute Gasteiger partial charge is 0.283 e. The van der Waals surface area contributed by atoms with E-state index in [2.05, 4.69) is 4.98 Å². The summed E-state index contributed by atoms with van der Waals surface area (Å²) in [5.41, 5.74) is 0.864. The first kappa shape index (κ1) is 14.5. The molecule has 0 spiro atoms. The minimum absolute atomic E-state index is 0.0793. The van der Waals surface area contributed by atoms with Gasteiger partial charge in [0.05, 0.1) is 17.2 Å². The zero-order chi connectivity index (χ0) is 14.2. The van der Waals surface area contributed by atoms with Crippen molar-refractivity contribution in [2.24, 2.45) is 0 Å². The second kappa shape index (κ2) is 5.20. The number of carbonyl (C=O) groups excluding carboxylic acids is 1. The number of aryl methyl sites for hydroxylation is 2. The summed E-state index contributed by atoms with van der Waals surface area (Å²) in [6.07, 6.45) is 0.533. The van der Waals surface area contributed by atoms with Gasteiger partial charge in [0.15, 0.2) is 14.8 Å². The number of hydrogen-bond acceptors (Lipinski definition) is 5. The zero-order valence-corrected chi connectivity index (χ0v) is 13.0. The zero-order valence-electron chi connectivity index (χ0n) is 11.3. The molecule has 0 N–H and O–H groups in total. The molecule has 1 aliphatic rings. The summed E-state index contributed by atoms with van der Waals surface area (Å²) in [7, 11) is -2.98. The number of hydrogen-bond donors (Lipinski definition) is 0. The maximum Gasteiger partial charge on any atom is 0.283 e. The number of rotatable bonds is 3. The molecule has 1 atom stereocenters. The van der Waals surface area contributed by atoms with Crippen molar-refractivity contribution < 1.29 is 13.2 Å². The van der Waals surface area contributed by atoms with Crippen LogP contribution in [0.2, 0.25) is 0 Å². The number of thiazole rings is 1.